The molecule has 2 atom stereocenters. The van der Waals surface area contributed by atoms with E-state index in [1.54, 1.807) is 0 Å². The van der Waals surface area contributed by atoms with Gasteiger partial charge in [0.15, 0.2) is 6.29 Å². The molecule has 0 heterocycles. The van der Waals surface area contributed by atoms with Crippen LogP contribution in [0.5, 0.6) is 0 Å². The van der Waals surface area contributed by atoms with Gasteiger partial charge in [-0.25, -0.2) is 0 Å². The maximum Gasteiger partial charge on any atom is 0.227 e. The van der Waals surface area contributed by atoms with Crippen LogP contribution in [0.15, 0.2) is 0 Å². The number of ether oxygens (including phenoxy) is 2. The molecular formula is C16H38N2O4. The standard InChI is InChI=1S/C9H21NO2.C7H17NO2/c1-5-9(11,12-8-4)10(6-2)7-3;1-4-7(9)10-6-5-8(2)3/h11H,5-8H2,1-4H3;7,9H,4-6H2,1-3H3. The highest BCUT2D eigenvalue weighted by Gasteiger charge is 2.30. The molecule has 0 aliphatic rings. The van der Waals surface area contributed by atoms with E-state index in [1.165, 1.54) is 0 Å². The Morgan fingerprint density at radius 1 is 1.05 bits per heavy atom. The van der Waals surface area contributed by atoms with Gasteiger partial charge in [0.2, 0.25) is 5.91 Å². The topological polar surface area (TPSA) is 65.4 Å². The summed E-state index contributed by atoms with van der Waals surface area (Å²) in [4.78, 5) is 3.93. The van der Waals surface area contributed by atoms with Gasteiger partial charge < -0.3 is 24.6 Å². The van der Waals surface area contributed by atoms with Crippen molar-refractivity contribution in [3.63, 3.8) is 0 Å². The van der Waals surface area contributed by atoms with E-state index in [1.807, 2.05) is 58.5 Å². The van der Waals surface area contributed by atoms with Crippen molar-refractivity contribution in [2.24, 2.45) is 0 Å². The molecule has 0 bridgehead atoms. The summed E-state index contributed by atoms with van der Waals surface area (Å²) < 4.78 is 10.3. The Balaban J connectivity index is 0. The molecule has 6 heteroatoms. The van der Waals surface area contributed by atoms with Gasteiger partial charge >= 0.3 is 0 Å². The molecule has 2 unspecified atom stereocenters. The van der Waals surface area contributed by atoms with Crippen LogP contribution in [0.2, 0.25) is 0 Å². The zero-order valence-electron chi connectivity index (χ0n) is 15.6. The molecule has 2 N–H and O–H groups in total. The Morgan fingerprint density at radius 2 is 1.59 bits per heavy atom. The molecule has 0 fully saturated rings. The second-order valence-corrected chi connectivity index (χ2v) is 5.24. The van der Waals surface area contributed by atoms with Crippen LogP contribution < -0.4 is 0 Å². The summed E-state index contributed by atoms with van der Waals surface area (Å²) in [7, 11) is 3.95. The molecule has 0 amide bonds. The van der Waals surface area contributed by atoms with E-state index in [-0.39, 0.29) is 0 Å². The monoisotopic (exact) mass is 322 g/mol. The Bertz CT molecular complexity index is 238. The number of aliphatic hydroxyl groups is 2. The van der Waals surface area contributed by atoms with Gasteiger partial charge in [0.05, 0.1) is 6.61 Å². The molecule has 0 aromatic carbocycles. The normalized spacial score (nSPS) is 15.4. The first-order chi connectivity index (χ1) is 10.3. The van der Waals surface area contributed by atoms with Gasteiger partial charge in [0, 0.05) is 32.7 Å². The predicted octanol–water partition coefficient (Wildman–Crippen LogP) is 1.71. The Kier molecular flexibility index (Phi) is 15.7. The lowest BCUT2D eigenvalue weighted by Gasteiger charge is -2.36. The smallest absolute Gasteiger partial charge is 0.227 e. The van der Waals surface area contributed by atoms with Crippen molar-refractivity contribution in [2.75, 3.05) is 46.9 Å². The molecule has 0 radical (unpaired) electrons. The van der Waals surface area contributed by atoms with E-state index in [9.17, 15) is 5.11 Å². The van der Waals surface area contributed by atoms with Gasteiger partial charge in [0.1, 0.15) is 0 Å². The predicted molar refractivity (Wildman–Crippen MR) is 90.6 cm³/mol. The van der Waals surface area contributed by atoms with Gasteiger partial charge in [-0.3, -0.25) is 4.90 Å². The van der Waals surface area contributed by atoms with E-state index in [2.05, 4.69) is 0 Å². The lowest BCUT2D eigenvalue weighted by Crippen LogP contribution is -2.50. The van der Waals surface area contributed by atoms with Crippen molar-refractivity contribution in [1.29, 1.82) is 0 Å². The molecule has 0 aliphatic heterocycles. The van der Waals surface area contributed by atoms with Crippen molar-refractivity contribution >= 4 is 0 Å². The summed E-state index contributed by atoms with van der Waals surface area (Å²) >= 11 is 0. The lowest BCUT2D eigenvalue weighted by molar-refractivity contribution is -0.290. The lowest BCUT2D eigenvalue weighted by atomic mass is 10.3. The molecule has 22 heavy (non-hydrogen) atoms. The summed E-state index contributed by atoms with van der Waals surface area (Å²) in [6.07, 6.45) is 0.676. The van der Waals surface area contributed by atoms with Crippen LogP contribution in [0.25, 0.3) is 0 Å². The molecule has 0 spiro atoms. The number of rotatable bonds is 11. The highest BCUT2D eigenvalue weighted by Crippen LogP contribution is 2.17. The minimum Gasteiger partial charge on any atom is -0.368 e. The van der Waals surface area contributed by atoms with Gasteiger partial charge in [-0.2, -0.15) is 0 Å². The molecule has 0 rings (SSSR count). The molecule has 0 aliphatic carbocycles. The average Bonchev–Trinajstić information content (AvgIpc) is 2.48. The van der Waals surface area contributed by atoms with Crippen molar-refractivity contribution in [3.8, 4) is 0 Å². The number of nitrogens with zero attached hydrogens (tertiary/aromatic N) is 2. The SMILES string of the molecule is CCC(O)OCCN(C)C.CCOC(O)(CC)N(CC)CC. The first kappa shape index (κ1) is 24.0. The third kappa shape index (κ3) is 11.3. The summed E-state index contributed by atoms with van der Waals surface area (Å²) in [5.41, 5.74) is 0. The molecule has 0 saturated heterocycles. The quantitative estimate of drug-likeness (QED) is 0.565. The Labute approximate surface area is 137 Å². The fraction of sp³-hybridized carbons (Fsp3) is 1.00. The molecule has 6 nitrogen and oxygen atoms in total. The van der Waals surface area contributed by atoms with E-state index in [0.717, 1.165) is 19.6 Å². The summed E-state index contributed by atoms with van der Waals surface area (Å²) in [6, 6.07) is 0. The molecule has 0 aromatic heterocycles. The van der Waals surface area contributed by atoms with Gasteiger partial charge in [0.25, 0.3) is 0 Å². The van der Waals surface area contributed by atoms with Crippen molar-refractivity contribution in [2.45, 2.75) is 59.7 Å². The van der Waals surface area contributed by atoms with Gasteiger partial charge in [-0.1, -0.05) is 27.7 Å². The molecule has 0 saturated carbocycles. The Morgan fingerprint density at radius 3 is 1.91 bits per heavy atom. The summed E-state index contributed by atoms with van der Waals surface area (Å²) in [6.45, 7) is 13.4. The van der Waals surface area contributed by atoms with E-state index >= 15 is 0 Å². The summed E-state index contributed by atoms with van der Waals surface area (Å²) in [5, 5.41) is 18.9. The second kappa shape index (κ2) is 14.4. The van der Waals surface area contributed by atoms with Gasteiger partial charge in [-0.15, -0.1) is 0 Å². The van der Waals surface area contributed by atoms with E-state index in [0.29, 0.717) is 26.1 Å². The zero-order chi connectivity index (χ0) is 17.6. The van der Waals surface area contributed by atoms with Crippen molar-refractivity contribution in [3.05, 3.63) is 0 Å². The number of aliphatic hydroxyl groups excluding tert-OH is 1. The van der Waals surface area contributed by atoms with Crippen molar-refractivity contribution < 1.29 is 19.7 Å². The maximum absolute atomic E-state index is 9.98. The highest BCUT2D eigenvalue weighted by atomic mass is 16.6. The summed E-state index contributed by atoms with van der Waals surface area (Å²) in [5.74, 6) is -1.06. The minimum atomic E-state index is -1.06. The van der Waals surface area contributed by atoms with Crippen LogP contribution in [-0.4, -0.2) is 79.2 Å². The van der Waals surface area contributed by atoms with Crippen LogP contribution in [0, 0.1) is 0 Å². The van der Waals surface area contributed by atoms with E-state index in [4.69, 9.17) is 14.6 Å². The minimum absolute atomic E-state index is 0.543. The van der Waals surface area contributed by atoms with Crippen LogP contribution >= 0.6 is 0 Å². The Hall–Kier alpha value is -0.240. The first-order valence-electron chi connectivity index (χ1n) is 8.36. The highest BCUT2D eigenvalue weighted by molar-refractivity contribution is 4.65. The molecular weight excluding hydrogens is 284 g/mol. The number of likely N-dealkylation sites (N-methyl/N-ethyl adjacent to an activating group) is 1. The van der Waals surface area contributed by atoms with Crippen LogP contribution in [0.3, 0.4) is 0 Å². The van der Waals surface area contributed by atoms with Crippen molar-refractivity contribution in [1.82, 2.24) is 9.80 Å². The van der Waals surface area contributed by atoms with Crippen LogP contribution in [0.4, 0.5) is 0 Å². The first-order valence-corrected chi connectivity index (χ1v) is 8.36. The van der Waals surface area contributed by atoms with E-state index < -0.39 is 12.2 Å². The van der Waals surface area contributed by atoms with Gasteiger partial charge in [-0.05, 0) is 27.4 Å². The fourth-order valence-corrected chi connectivity index (χ4v) is 1.86. The zero-order valence-corrected chi connectivity index (χ0v) is 15.6. The largest absolute Gasteiger partial charge is 0.368 e. The molecule has 136 valence electrons. The fourth-order valence-electron chi connectivity index (χ4n) is 1.86. The molecule has 0 aromatic rings. The third-order valence-corrected chi connectivity index (χ3v) is 3.29. The average molecular weight is 322 g/mol. The van der Waals surface area contributed by atoms with Crippen LogP contribution in [0.1, 0.15) is 47.5 Å². The maximum atomic E-state index is 9.98. The third-order valence-electron chi connectivity index (χ3n) is 3.29. The number of hydrogen-bond acceptors (Lipinski definition) is 6. The second-order valence-electron chi connectivity index (χ2n) is 5.24. The number of hydrogen-bond donors (Lipinski definition) is 2. The van der Waals surface area contributed by atoms with Crippen LogP contribution in [-0.2, 0) is 9.47 Å².